The molecule has 1 N–H and O–H groups in total. The molecular weight excluding hydrogens is 332 g/mol. The zero-order valence-electron chi connectivity index (χ0n) is 15.1. The quantitative estimate of drug-likeness (QED) is 0.535. The predicted molar refractivity (Wildman–Crippen MR) is 110 cm³/mol. The van der Waals surface area contributed by atoms with Gasteiger partial charge in [0.05, 0.1) is 6.04 Å². The highest BCUT2D eigenvalue weighted by molar-refractivity contribution is 5.95. The summed E-state index contributed by atoms with van der Waals surface area (Å²) in [5.74, 6) is -0.0725. The monoisotopic (exact) mass is 352 g/mol. The summed E-state index contributed by atoms with van der Waals surface area (Å²) in [4.78, 5) is 16.7. The van der Waals surface area contributed by atoms with Gasteiger partial charge in [-0.3, -0.25) is 9.78 Å². The van der Waals surface area contributed by atoms with Crippen LogP contribution in [0.1, 0.15) is 28.9 Å². The summed E-state index contributed by atoms with van der Waals surface area (Å²) < 4.78 is 0. The van der Waals surface area contributed by atoms with Gasteiger partial charge in [0.1, 0.15) is 0 Å². The summed E-state index contributed by atoms with van der Waals surface area (Å²) in [6.07, 6.45) is 3.53. The molecular formula is C24H20N2O. The van der Waals surface area contributed by atoms with Gasteiger partial charge in [-0.15, -0.1) is 0 Å². The van der Waals surface area contributed by atoms with Crippen LogP contribution in [0, 0.1) is 0 Å². The minimum Gasteiger partial charge on any atom is -0.345 e. The Morgan fingerprint density at radius 3 is 2.26 bits per heavy atom. The summed E-state index contributed by atoms with van der Waals surface area (Å²) in [5, 5.41) is 5.46. The molecule has 0 aliphatic heterocycles. The number of carbonyl (C=O) groups excluding carboxylic acids is 1. The van der Waals surface area contributed by atoms with Crippen molar-refractivity contribution in [2.75, 3.05) is 0 Å². The summed E-state index contributed by atoms with van der Waals surface area (Å²) in [5.41, 5.74) is 3.92. The molecule has 27 heavy (non-hydrogen) atoms. The van der Waals surface area contributed by atoms with Crippen molar-refractivity contribution in [3.05, 3.63) is 102 Å². The molecule has 1 heterocycles. The summed E-state index contributed by atoms with van der Waals surface area (Å²) in [6.45, 7) is 2.02. The molecule has 3 nitrogen and oxygen atoms in total. The topological polar surface area (TPSA) is 42.0 Å². The third kappa shape index (κ3) is 3.58. The predicted octanol–water partition coefficient (Wildman–Crippen LogP) is 5.39. The molecule has 1 amide bonds. The van der Waals surface area contributed by atoms with Crippen LogP contribution in [-0.4, -0.2) is 10.9 Å². The molecule has 0 spiro atoms. The smallest absolute Gasteiger partial charge is 0.251 e. The van der Waals surface area contributed by atoms with Crippen molar-refractivity contribution in [1.29, 1.82) is 0 Å². The Labute approximate surface area is 158 Å². The van der Waals surface area contributed by atoms with Gasteiger partial charge in [0.2, 0.25) is 0 Å². The van der Waals surface area contributed by atoms with Crippen LogP contribution in [0.3, 0.4) is 0 Å². The van der Waals surface area contributed by atoms with E-state index >= 15 is 0 Å². The van der Waals surface area contributed by atoms with Crippen molar-refractivity contribution in [2.45, 2.75) is 13.0 Å². The molecule has 0 saturated heterocycles. The number of nitrogens with zero attached hydrogens (tertiary/aromatic N) is 1. The number of aromatic nitrogens is 1. The first-order valence-electron chi connectivity index (χ1n) is 9.01. The van der Waals surface area contributed by atoms with E-state index in [4.69, 9.17) is 0 Å². The standard InChI is InChI=1S/C24H20N2O/c1-17(22-8-4-6-20-5-2-3-7-23(20)22)26-24(27)21-11-9-18(10-12-21)19-13-15-25-16-14-19/h2-17H,1H3,(H,26,27). The lowest BCUT2D eigenvalue weighted by molar-refractivity contribution is 0.0940. The van der Waals surface area contributed by atoms with Crippen LogP contribution in [0.25, 0.3) is 21.9 Å². The van der Waals surface area contributed by atoms with Gasteiger partial charge in [-0.05, 0) is 58.7 Å². The Kier molecular flexibility index (Phi) is 4.67. The van der Waals surface area contributed by atoms with Crippen molar-refractivity contribution in [3.8, 4) is 11.1 Å². The highest BCUT2D eigenvalue weighted by Gasteiger charge is 2.13. The van der Waals surface area contributed by atoms with E-state index in [0.717, 1.165) is 16.7 Å². The van der Waals surface area contributed by atoms with Crippen molar-refractivity contribution >= 4 is 16.7 Å². The number of hydrogen-bond donors (Lipinski definition) is 1. The molecule has 1 unspecified atom stereocenters. The summed E-state index contributed by atoms with van der Waals surface area (Å²) in [7, 11) is 0. The van der Waals surface area contributed by atoms with E-state index in [2.05, 4.69) is 34.6 Å². The molecule has 0 bridgehead atoms. The minimum atomic E-state index is -0.0801. The molecule has 0 saturated carbocycles. The maximum absolute atomic E-state index is 12.7. The van der Waals surface area contributed by atoms with E-state index in [0.29, 0.717) is 5.56 Å². The van der Waals surface area contributed by atoms with Crippen molar-refractivity contribution in [3.63, 3.8) is 0 Å². The van der Waals surface area contributed by atoms with Crippen LogP contribution in [0.15, 0.2) is 91.3 Å². The molecule has 0 aliphatic rings. The third-order valence-corrected chi connectivity index (χ3v) is 4.80. The van der Waals surface area contributed by atoms with Crippen LogP contribution in [0.2, 0.25) is 0 Å². The van der Waals surface area contributed by atoms with Gasteiger partial charge in [0.15, 0.2) is 0 Å². The Hall–Kier alpha value is -3.46. The Morgan fingerprint density at radius 2 is 1.48 bits per heavy atom. The van der Waals surface area contributed by atoms with Gasteiger partial charge >= 0.3 is 0 Å². The van der Waals surface area contributed by atoms with Gasteiger partial charge in [-0.1, -0.05) is 54.6 Å². The lowest BCUT2D eigenvalue weighted by Crippen LogP contribution is -2.26. The van der Waals surface area contributed by atoms with E-state index in [1.165, 1.54) is 10.8 Å². The van der Waals surface area contributed by atoms with E-state index in [-0.39, 0.29) is 11.9 Å². The number of carbonyl (C=O) groups is 1. The number of benzene rings is 3. The van der Waals surface area contributed by atoms with E-state index in [1.54, 1.807) is 12.4 Å². The Bertz CT molecular complexity index is 1070. The number of hydrogen-bond acceptors (Lipinski definition) is 2. The van der Waals surface area contributed by atoms with E-state index in [1.807, 2.05) is 61.5 Å². The zero-order chi connectivity index (χ0) is 18.6. The lowest BCUT2D eigenvalue weighted by atomic mass is 9.99. The number of pyridine rings is 1. The van der Waals surface area contributed by atoms with Crippen LogP contribution in [0.4, 0.5) is 0 Å². The zero-order valence-corrected chi connectivity index (χ0v) is 15.1. The minimum absolute atomic E-state index is 0.0725. The second-order valence-electron chi connectivity index (χ2n) is 6.58. The molecule has 1 aromatic heterocycles. The highest BCUT2D eigenvalue weighted by atomic mass is 16.1. The molecule has 1 atom stereocenters. The van der Waals surface area contributed by atoms with E-state index < -0.39 is 0 Å². The maximum atomic E-state index is 12.7. The molecule has 3 aromatic carbocycles. The molecule has 0 aliphatic carbocycles. The molecule has 0 radical (unpaired) electrons. The highest BCUT2D eigenvalue weighted by Crippen LogP contribution is 2.24. The van der Waals surface area contributed by atoms with Crippen molar-refractivity contribution in [1.82, 2.24) is 10.3 Å². The normalized spacial score (nSPS) is 11.9. The molecule has 4 aromatic rings. The van der Waals surface area contributed by atoms with E-state index in [9.17, 15) is 4.79 Å². The van der Waals surface area contributed by atoms with Crippen LogP contribution in [-0.2, 0) is 0 Å². The number of rotatable bonds is 4. The summed E-state index contributed by atoms with van der Waals surface area (Å²) in [6, 6.07) is 25.9. The fourth-order valence-corrected chi connectivity index (χ4v) is 3.34. The first-order chi connectivity index (χ1) is 13.2. The number of fused-ring (bicyclic) bond motifs is 1. The maximum Gasteiger partial charge on any atom is 0.251 e. The van der Waals surface area contributed by atoms with Crippen LogP contribution in [0.5, 0.6) is 0 Å². The fraction of sp³-hybridized carbons (Fsp3) is 0.0833. The van der Waals surface area contributed by atoms with Crippen LogP contribution >= 0.6 is 0 Å². The Balaban J connectivity index is 1.53. The van der Waals surface area contributed by atoms with Gasteiger partial charge in [0.25, 0.3) is 5.91 Å². The van der Waals surface area contributed by atoms with Gasteiger partial charge in [0, 0.05) is 18.0 Å². The molecule has 132 valence electrons. The van der Waals surface area contributed by atoms with Gasteiger partial charge in [-0.25, -0.2) is 0 Å². The second kappa shape index (κ2) is 7.42. The largest absolute Gasteiger partial charge is 0.345 e. The van der Waals surface area contributed by atoms with Gasteiger partial charge < -0.3 is 5.32 Å². The van der Waals surface area contributed by atoms with Gasteiger partial charge in [-0.2, -0.15) is 0 Å². The lowest BCUT2D eigenvalue weighted by Gasteiger charge is -2.17. The van der Waals surface area contributed by atoms with Crippen LogP contribution < -0.4 is 5.32 Å². The SMILES string of the molecule is CC(NC(=O)c1ccc(-c2ccncc2)cc1)c1cccc2ccccc12. The summed E-state index contributed by atoms with van der Waals surface area (Å²) >= 11 is 0. The van der Waals surface area contributed by atoms with Crippen molar-refractivity contribution < 1.29 is 4.79 Å². The first-order valence-corrected chi connectivity index (χ1v) is 9.01. The number of nitrogens with one attached hydrogen (secondary N) is 1. The average molecular weight is 352 g/mol. The third-order valence-electron chi connectivity index (χ3n) is 4.80. The number of amides is 1. The molecule has 4 rings (SSSR count). The fourth-order valence-electron chi connectivity index (χ4n) is 3.34. The second-order valence-corrected chi connectivity index (χ2v) is 6.58. The average Bonchev–Trinajstić information content (AvgIpc) is 2.74. The molecule has 0 fully saturated rings. The molecule has 3 heteroatoms. The van der Waals surface area contributed by atoms with Crippen molar-refractivity contribution in [2.24, 2.45) is 0 Å². The Morgan fingerprint density at radius 1 is 0.815 bits per heavy atom. The first kappa shape index (κ1) is 17.0.